The maximum atomic E-state index is 10.1. The van der Waals surface area contributed by atoms with Crippen LogP contribution >= 0.6 is 0 Å². The summed E-state index contributed by atoms with van der Waals surface area (Å²) in [6.07, 6.45) is 0.0250. The van der Waals surface area contributed by atoms with E-state index in [1.165, 1.54) is 0 Å². The Hall–Kier alpha value is 1.39. The van der Waals surface area contributed by atoms with Gasteiger partial charge in [-0.2, -0.15) is 16.8 Å². The van der Waals surface area contributed by atoms with Gasteiger partial charge in [-0.25, -0.2) is 0 Å². The molecule has 0 rings (SSSR count). The van der Waals surface area contributed by atoms with Crippen LogP contribution in [-0.2, 0) is 20.2 Å². The molecule has 0 bridgehead atoms. The molecule has 0 aromatic heterocycles. The molecular formula is C4H12BaO6S2. The normalized spacial score (nSPS) is 12.2. The molecule has 0 spiro atoms. The molecule has 2 N–H and O–H groups in total. The van der Waals surface area contributed by atoms with Crippen LogP contribution in [0.1, 0.15) is 15.7 Å². The zero-order valence-electron chi connectivity index (χ0n) is 8.88. The van der Waals surface area contributed by atoms with Gasteiger partial charge < -0.3 is 2.85 Å². The Labute approximate surface area is 121 Å². The Morgan fingerprint density at radius 2 is 1.08 bits per heavy atom. The van der Waals surface area contributed by atoms with Crippen LogP contribution in [0.25, 0.3) is 0 Å². The number of hydrogen-bond donors (Lipinski definition) is 2. The Kier molecular flexibility index (Phi) is 8.79. The van der Waals surface area contributed by atoms with Crippen molar-refractivity contribution >= 4 is 69.1 Å². The van der Waals surface area contributed by atoms with Crippen LogP contribution in [0.5, 0.6) is 0 Å². The second-order valence-corrected chi connectivity index (χ2v) is 5.42. The minimum absolute atomic E-state index is 0. The summed E-state index contributed by atoms with van der Waals surface area (Å²) in [5.74, 6) is -0.967. The van der Waals surface area contributed by atoms with Crippen molar-refractivity contribution in [2.24, 2.45) is 0 Å². The summed E-state index contributed by atoms with van der Waals surface area (Å²) in [6.45, 7) is 0. The van der Waals surface area contributed by atoms with Crippen molar-refractivity contribution in [3.05, 3.63) is 0 Å². The van der Waals surface area contributed by atoms with Crippen molar-refractivity contribution in [3.63, 3.8) is 0 Å². The number of rotatable bonds is 5. The van der Waals surface area contributed by atoms with Crippen LogP contribution in [0.2, 0.25) is 0 Å². The van der Waals surface area contributed by atoms with Crippen LogP contribution in [0.4, 0.5) is 0 Å². The smallest absolute Gasteiger partial charge is 1.00 e. The first kappa shape index (κ1) is 16.8. The summed E-state index contributed by atoms with van der Waals surface area (Å²) in [5, 5.41) is 0. The fraction of sp³-hybridized carbons (Fsp3) is 1.00. The van der Waals surface area contributed by atoms with Gasteiger partial charge in [0.2, 0.25) is 0 Å². The molecule has 0 aliphatic heterocycles. The van der Waals surface area contributed by atoms with E-state index in [-0.39, 0.29) is 64.6 Å². The van der Waals surface area contributed by atoms with Gasteiger partial charge in [0.25, 0.3) is 20.2 Å². The molecule has 0 aromatic carbocycles. The molecule has 13 heavy (non-hydrogen) atoms. The fourth-order valence-corrected chi connectivity index (χ4v) is 1.71. The van der Waals surface area contributed by atoms with E-state index in [0.29, 0.717) is 0 Å². The summed E-state index contributed by atoms with van der Waals surface area (Å²) >= 11 is 0. The molecule has 0 saturated carbocycles. The van der Waals surface area contributed by atoms with Gasteiger partial charge in [-0.05, 0) is 12.8 Å². The Balaban J connectivity index is -0.000000202. The predicted molar refractivity (Wildman–Crippen MR) is 50.0 cm³/mol. The first-order valence-corrected chi connectivity index (χ1v) is 6.33. The second kappa shape index (κ2) is 6.80. The molecule has 0 saturated heterocycles. The van der Waals surface area contributed by atoms with Crippen molar-refractivity contribution < 1.29 is 28.8 Å². The molecule has 0 atom stereocenters. The molecule has 9 heteroatoms. The molecule has 0 aliphatic rings. The monoisotopic (exact) mass is 358 g/mol. The van der Waals surface area contributed by atoms with Gasteiger partial charge >= 0.3 is 48.9 Å². The first-order chi connectivity index (χ1) is 5.21. The topological polar surface area (TPSA) is 109 Å². The SMILES string of the molecule is O=S(=O)(O)CCCCS(=O)(=O)O.[Ba+2].[H-].[H-]. The molecule has 6 nitrogen and oxygen atoms in total. The second-order valence-electron chi connectivity index (χ2n) is 2.28. The van der Waals surface area contributed by atoms with E-state index < -0.39 is 31.7 Å². The van der Waals surface area contributed by atoms with Crippen molar-refractivity contribution in [1.29, 1.82) is 0 Å². The van der Waals surface area contributed by atoms with E-state index >= 15 is 0 Å². The maximum Gasteiger partial charge on any atom is 2.00 e. The average molecular weight is 358 g/mol. The van der Waals surface area contributed by atoms with Gasteiger partial charge in [-0.3, -0.25) is 9.11 Å². The van der Waals surface area contributed by atoms with Gasteiger partial charge in [-0.15, -0.1) is 0 Å². The standard InChI is InChI=1S/C4H10O6S2.Ba.2H/c5-11(6,7)3-1-2-4-12(8,9)10;;;/h1-4H2,(H,5,6,7)(H,8,9,10);;;/q;+2;2*-1. The van der Waals surface area contributed by atoms with Crippen molar-refractivity contribution in [3.8, 4) is 0 Å². The van der Waals surface area contributed by atoms with Crippen LogP contribution in [0, 0.1) is 0 Å². The quantitative estimate of drug-likeness (QED) is 0.386. The van der Waals surface area contributed by atoms with Crippen LogP contribution in [0.3, 0.4) is 0 Å². The van der Waals surface area contributed by atoms with Crippen LogP contribution in [0.15, 0.2) is 0 Å². The maximum absolute atomic E-state index is 10.1. The zero-order chi connectivity index (χ0) is 9.83. The van der Waals surface area contributed by atoms with Crippen LogP contribution < -0.4 is 0 Å². The third-order valence-corrected chi connectivity index (χ3v) is 2.66. The summed E-state index contributed by atoms with van der Waals surface area (Å²) in [5.41, 5.74) is 0. The summed E-state index contributed by atoms with van der Waals surface area (Å²) < 4.78 is 56.8. The minimum atomic E-state index is -4.02. The average Bonchev–Trinajstić information content (AvgIpc) is 1.76. The molecular weight excluding hydrogens is 346 g/mol. The molecule has 0 aromatic rings. The third-order valence-electron chi connectivity index (χ3n) is 1.05. The zero-order valence-corrected chi connectivity index (χ0v) is 13.0. The van der Waals surface area contributed by atoms with Gasteiger partial charge in [0.1, 0.15) is 0 Å². The Morgan fingerprint density at radius 1 is 0.846 bits per heavy atom. The molecule has 0 aliphatic carbocycles. The predicted octanol–water partition coefficient (Wildman–Crippen LogP) is -0.614. The number of hydrogen-bond acceptors (Lipinski definition) is 4. The summed E-state index contributed by atoms with van der Waals surface area (Å²) in [7, 11) is -8.04. The molecule has 0 radical (unpaired) electrons. The van der Waals surface area contributed by atoms with Crippen LogP contribution in [-0.4, -0.2) is 86.3 Å². The first-order valence-electron chi connectivity index (χ1n) is 3.11. The van der Waals surface area contributed by atoms with E-state index in [1.807, 2.05) is 0 Å². The van der Waals surface area contributed by atoms with Gasteiger partial charge in [-0.1, -0.05) is 0 Å². The molecule has 0 amide bonds. The molecule has 78 valence electrons. The van der Waals surface area contributed by atoms with Crippen molar-refractivity contribution in [2.45, 2.75) is 12.8 Å². The van der Waals surface area contributed by atoms with Gasteiger partial charge in [0, 0.05) is 0 Å². The van der Waals surface area contributed by atoms with Gasteiger partial charge in [0.15, 0.2) is 0 Å². The van der Waals surface area contributed by atoms with Gasteiger partial charge in [0.05, 0.1) is 11.5 Å². The number of unbranched alkanes of at least 4 members (excludes halogenated alkanes) is 1. The van der Waals surface area contributed by atoms with E-state index in [2.05, 4.69) is 0 Å². The van der Waals surface area contributed by atoms with E-state index in [0.717, 1.165) is 0 Å². The minimum Gasteiger partial charge on any atom is -1.00 e. The van der Waals surface area contributed by atoms with Crippen molar-refractivity contribution in [2.75, 3.05) is 11.5 Å². The third kappa shape index (κ3) is 16.1. The summed E-state index contributed by atoms with van der Waals surface area (Å²) in [4.78, 5) is 0. The van der Waals surface area contributed by atoms with E-state index in [4.69, 9.17) is 9.11 Å². The Bertz CT molecular complexity index is 291. The largest absolute Gasteiger partial charge is 2.00 e. The fourth-order valence-electron chi connectivity index (χ4n) is 0.569. The van der Waals surface area contributed by atoms with Crippen molar-refractivity contribution in [1.82, 2.24) is 0 Å². The van der Waals surface area contributed by atoms with E-state index in [9.17, 15) is 16.8 Å². The molecule has 0 heterocycles. The molecule has 0 unspecified atom stereocenters. The molecule has 0 fully saturated rings. The Morgan fingerprint density at radius 3 is 1.23 bits per heavy atom. The summed E-state index contributed by atoms with van der Waals surface area (Å²) in [6, 6.07) is 0. The van der Waals surface area contributed by atoms with E-state index in [1.54, 1.807) is 0 Å².